The minimum absolute atomic E-state index is 0.0343. The van der Waals surface area contributed by atoms with Gasteiger partial charge in [0, 0.05) is 12.3 Å². The molecule has 2 saturated carbocycles. The molecule has 0 radical (unpaired) electrons. The lowest BCUT2D eigenvalue weighted by Gasteiger charge is -2.05. The molecule has 0 heterocycles. The van der Waals surface area contributed by atoms with E-state index in [1.165, 1.54) is 0 Å². The van der Waals surface area contributed by atoms with Crippen LogP contribution in [0, 0.1) is 24.7 Å². The van der Waals surface area contributed by atoms with E-state index < -0.39 is 0 Å². The minimum atomic E-state index is -0.239. The molecule has 0 spiro atoms. The van der Waals surface area contributed by atoms with Gasteiger partial charge in [0.05, 0.1) is 5.92 Å². The summed E-state index contributed by atoms with van der Waals surface area (Å²) >= 11 is 0. The monoisotopic (exact) mass is 230 g/mol. The number of carbonyl (C=O) groups is 2. The van der Waals surface area contributed by atoms with Crippen molar-refractivity contribution in [3.63, 3.8) is 0 Å². The Morgan fingerprint density at radius 1 is 1.29 bits per heavy atom. The van der Waals surface area contributed by atoms with Crippen molar-refractivity contribution < 1.29 is 14.3 Å². The number of esters is 1. The van der Waals surface area contributed by atoms with Crippen LogP contribution in [0.25, 0.3) is 0 Å². The van der Waals surface area contributed by atoms with Crippen LogP contribution < -0.4 is 4.74 Å². The maximum atomic E-state index is 11.8. The molecule has 1 aromatic carbocycles. The number of ether oxygens (including phenoxy) is 1. The van der Waals surface area contributed by atoms with Crippen molar-refractivity contribution in [1.29, 1.82) is 0 Å². The average molecular weight is 230 g/mol. The fourth-order valence-corrected chi connectivity index (χ4v) is 2.76. The van der Waals surface area contributed by atoms with Crippen LogP contribution in [0.2, 0.25) is 0 Å². The summed E-state index contributed by atoms with van der Waals surface area (Å²) in [4.78, 5) is 23.3. The summed E-state index contributed by atoms with van der Waals surface area (Å²) < 4.78 is 5.29. The predicted octanol–water partition coefficient (Wildman–Crippen LogP) is 2.13. The number of carbonyl (C=O) groups excluding carboxylic acids is 2. The molecule has 0 amide bonds. The molecule has 0 aliphatic heterocycles. The summed E-state index contributed by atoms with van der Waals surface area (Å²) in [6, 6.07) is 7.38. The summed E-state index contributed by atoms with van der Waals surface area (Å²) in [6.07, 6.45) is 1.50. The summed E-state index contributed by atoms with van der Waals surface area (Å²) in [5, 5.41) is 0. The van der Waals surface area contributed by atoms with Crippen LogP contribution in [0.1, 0.15) is 18.4 Å². The third-order valence-electron chi connectivity index (χ3n) is 3.78. The fraction of sp³-hybridized carbons (Fsp3) is 0.429. The van der Waals surface area contributed by atoms with Crippen molar-refractivity contribution in [1.82, 2.24) is 0 Å². The second-order valence-electron chi connectivity index (χ2n) is 4.95. The lowest BCUT2D eigenvalue weighted by Crippen LogP contribution is -2.15. The van der Waals surface area contributed by atoms with E-state index in [0.29, 0.717) is 12.2 Å². The van der Waals surface area contributed by atoms with Crippen LogP contribution >= 0.6 is 0 Å². The van der Waals surface area contributed by atoms with Crippen molar-refractivity contribution in [3.05, 3.63) is 29.8 Å². The van der Waals surface area contributed by atoms with Gasteiger partial charge in [0.2, 0.25) is 0 Å². The Morgan fingerprint density at radius 2 is 2.00 bits per heavy atom. The van der Waals surface area contributed by atoms with Crippen LogP contribution in [0.4, 0.5) is 0 Å². The zero-order chi connectivity index (χ0) is 12.0. The minimum Gasteiger partial charge on any atom is -0.426 e. The predicted molar refractivity (Wildman–Crippen MR) is 61.5 cm³/mol. The summed E-state index contributed by atoms with van der Waals surface area (Å²) in [6.45, 7) is 1.98. The zero-order valence-corrected chi connectivity index (χ0v) is 9.68. The number of fused-ring (bicyclic) bond motifs is 1. The second-order valence-corrected chi connectivity index (χ2v) is 4.95. The first kappa shape index (κ1) is 10.5. The first-order valence-electron chi connectivity index (χ1n) is 5.98. The molecule has 17 heavy (non-hydrogen) atoms. The molecule has 88 valence electrons. The Morgan fingerprint density at radius 3 is 2.59 bits per heavy atom. The number of hydrogen-bond acceptors (Lipinski definition) is 3. The molecular weight excluding hydrogens is 216 g/mol. The highest BCUT2D eigenvalue weighted by Gasteiger charge is 2.62. The Kier molecular flexibility index (Phi) is 2.28. The van der Waals surface area contributed by atoms with Gasteiger partial charge in [-0.1, -0.05) is 17.7 Å². The highest BCUT2D eigenvalue weighted by Crippen LogP contribution is 2.55. The van der Waals surface area contributed by atoms with Gasteiger partial charge >= 0.3 is 5.97 Å². The van der Waals surface area contributed by atoms with E-state index in [0.717, 1.165) is 12.0 Å². The normalized spacial score (nSPS) is 29.9. The summed E-state index contributed by atoms with van der Waals surface area (Å²) in [7, 11) is 0. The Bertz CT molecular complexity index is 475. The average Bonchev–Trinajstić information content (AvgIpc) is 2.93. The number of benzene rings is 1. The molecule has 1 aromatic rings. The number of hydrogen-bond donors (Lipinski definition) is 0. The van der Waals surface area contributed by atoms with E-state index in [9.17, 15) is 9.59 Å². The largest absolute Gasteiger partial charge is 0.426 e. The van der Waals surface area contributed by atoms with E-state index in [2.05, 4.69) is 0 Å². The van der Waals surface area contributed by atoms with E-state index in [-0.39, 0.29) is 29.5 Å². The van der Waals surface area contributed by atoms with Gasteiger partial charge in [-0.3, -0.25) is 9.59 Å². The third-order valence-corrected chi connectivity index (χ3v) is 3.78. The standard InChI is InChI=1S/C14H14O3/c1-8-2-4-9(5-3-8)17-14(16)13-10-6-7-11(15)12(10)13/h2-5,10,12-13H,6-7H2,1H3/t10-,12-,13+/m1/s1. The molecule has 0 unspecified atom stereocenters. The SMILES string of the molecule is Cc1ccc(OC(=O)[C@H]2[C@@H]3CCC(=O)[C@@H]32)cc1. The van der Waals surface area contributed by atoms with Gasteiger partial charge < -0.3 is 4.74 Å². The van der Waals surface area contributed by atoms with Crippen molar-refractivity contribution >= 4 is 11.8 Å². The smallest absolute Gasteiger partial charge is 0.315 e. The first-order chi connectivity index (χ1) is 8.16. The molecule has 2 aliphatic carbocycles. The highest BCUT2D eigenvalue weighted by atomic mass is 16.5. The molecule has 0 saturated heterocycles. The molecule has 0 N–H and O–H groups in total. The number of rotatable bonds is 2. The zero-order valence-electron chi connectivity index (χ0n) is 9.68. The summed E-state index contributed by atoms with van der Waals surface area (Å²) in [5.74, 6) is 0.627. The third kappa shape index (κ3) is 1.75. The fourth-order valence-electron chi connectivity index (χ4n) is 2.76. The van der Waals surface area contributed by atoms with Gasteiger partial charge in [0.15, 0.2) is 0 Å². The van der Waals surface area contributed by atoms with E-state index in [1.807, 2.05) is 19.1 Å². The van der Waals surface area contributed by atoms with Crippen LogP contribution in [-0.4, -0.2) is 11.8 Å². The van der Waals surface area contributed by atoms with Gasteiger partial charge in [0.25, 0.3) is 0 Å². The Hall–Kier alpha value is -1.64. The molecular formula is C14H14O3. The molecule has 3 nitrogen and oxygen atoms in total. The van der Waals surface area contributed by atoms with E-state index >= 15 is 0 Å². The topological polar surface area (TPSA) is 43.4 Å². The van der Waals surface area contributed by atoms with E-state index in [4.69, 9.17) is 4.74 Å². The lowest BCUT2D eigenvalue weighted by atomic mass is 10.1. The molecule has 2 aliphatic rings. The van der Waals surface area contributed by atoms with Crippen molar-refractivity contribution in [2.75, 3.05) is 0 Å². The highest BCUT2D eigenvalue weighted by molar-refractivity contribution is 5.95. The summed E-state index contributed by atoms with van der Waals surface area (Å²) in [5.41, 5.74) is 1.13. The van der Waals surface area contributed by atoms with Gasteiger partial charge in [-0.2, -0.15) is 0 Å². The Balaban J connectivity index is 1.65. The van der Waals surface area contributed by atoms with Crippen LogP contribution in [0.15, 0.2) is 24.3 Å². The quantitative estimate of drug-likeness (QED) is 0.577. The molecule has 3 rings (SSSR count). The van der Waals surface area contributed by atoms with Crippen LogP contribution in [0.3, 0.4) is 0 Å². The van der Waals surface area contributed by atoms with Gasteiger partial charge in [-0.05, 0) is 31.4 Å². The van der Waals surface area contributed by atoms with Crippen molar-refractivity contribution in [2.45, 2.75) is 19.8 Å². The number of Topliss-reactive ketones (excluding diaryl/α,β-unsaturated/α-hetero) is 1. The number of aryl methyl sites for hydroxylation is 1. The lowest BCUT2D eigenvalue weighted by molar-refractivity contribution is -0.138. The van der Waals surface area contributed by atoms with Gasteiger partial charge in [-0.25, -0.2) is 0 Å². The van der Waals surface area contributed by atoms with E-state index in [1.54, 1.807) is 12.1 Å². The van der Waals surface area contributed by atoms with Gasteiger partial charge in [-0.15, -0.1) is 0 Å². The molecule has 2 fully saturated rings. The Labute approximate surface area is 99.8 Å². The number of ketones is 1. The van der Waals surface area contributed by atoms with Crippen molar-refractivity contribution in [2.24, 2.45) is 17.8 Å². The molecule has 0 aromatic heterocycles. The maximum absolute atomic E-state index is 11.8. The van der Waals surface area contributed by atoms with Gasteiger partial charge in [0.1, 0.15) is 11.5 Å². The maximum Gasteiger partial charge on any atom is 0.315 e. The second kappa shape index (κ2) is 3.69. The molecule has 3 atom stereocenters. The van der Waals surface area contributed by atoms with Crippen molar-refractivity contribution in [3.8, 4) is 5.75 Å². The molecule has 3 heteroatoms. The van der Waals surface area contributed by atoms with Crippen LogP contribution in [0.5, 0.6) is 5.75 Å². The molecule has 0 bridgehead atoms. The first-order valence-corrected chi connectivity index (χ1v) is 5.98. The van der Waals surface area contributed by atoms with Crippen LogP contribution in [-0.2, 0) is 9.59 Å².